The minimum absolute atomic E-state index is 0.00917. The van der Waals surface area contributed by atoms with E-state index in [2.05, 4.69) is 6.07 Å². The molecule has 0 spiro atoms. The zero-order valence-electron chi connectivity index (χ0n) is 11.4. The Balaban J connectivity index is 2.40. The van der Waals surface area contributed by atoms with Gasteiger partial charge in [0.25, 0.3) is 0 Å². The average Bonchev–Trinajstić information content (AvgIpc) is 2.38. The lowest BCUT2D eigenvalue weighted by Crippen LogP contribution is -2.21. The van der Waals surface area contributed by atoms with Gasteiger partial charge in [-0.05, 0) is 30.5 Å². The van der Waals surface area contributed by atoms with E-state index < -0.39 is 5.92 Å². The van der Waals surface area contributed by atoms with Crippen molar-refractivity contribution >= 4 is 5.78 Å². The number of ether oxygens (including phenoxy) is 2. The number of aryl methyl sites for hydroxylation is 1. The van der Waals surface area contributed by atoms with Crippen LogP contribution in [0.3, 0.4) is 0 Å². The van der Waals surface area contributed by atoms with Crippen molar-refractivity contribution in [2.75, 3.05) is 13.2 Å². The summed E-state index contributed by atoms with van der Waals surface area (Å²) in [7, 11) is 0. The molecular weight excluding hydrogens is 242 g/mol. The first-order valence-corrected chi connectivity index (χ1v) is 6.38. The third-order valence-electron chi connectivity index (χ3n) is 3.24. The first-order chi connectivity index (χ1) is 9.04. The number of benzene rings is 1. The highest BCUT2D eigenvalue weighted by Crippen LogP contribution is 2.34. The number of hydrogen-bond acceptors (Lipinski definition) is 4. The van der Waals surface area contributed by atoms with E-state index in [-0.39, 0.29) is 11.7 Å². The molecule has 1 atom stereocenters. The average molecular weight is 259 g/mol. The largest absolute Gasteiger partial charge is 0.486 e. The zero-order valence-corrected chi connectivity index (χ0v) is 11.4. The smallest absolute Gasteiger partial charge is 0.180 e. The van der Waals surface area contributed by atoms with Gasteiger partial charge < -0.3 is 9.47 Å². The summed E-state index contributed by atoms with van der Waals surface area (Å²) in [5, 5.41) is 9.13. The first kappa shape index (κ1) is 13.4. The van der Waals surface area contributed by atoms with Crippen LogP contribution in [0.2, 0.25) is 0 Å². The Bertz CT molecular complexity index is 543. The number of Topliss-reactive ketones (excluding diaryl/α,β-unsaturated/α-hetero) is 1. The summed E-state index contributed by atoms with van der Waals surface area (Å²) in [6, 6.07) is 5.58. The quantitative estimate of drug-likeness (QED) is 0.783. The van der Waals surface area contributed by atoms with Crippen LogP contribution < -0.4 is 9.47 Å². The number of rotatable bonds is 3. The molecule has 1 aliphatic heterocycles. The van der Waals surface area contributed by atoms with Gasteiger partial charge in [0.15, 0.2) is 17.3 Å². The molecule has 0 amide bonds. The third-order valence-corrected chi connectivity index (χ3v) is 3.24. The fraction of sp³-hybridized carbons (Fsp3) is 0.467. The molecular formula is C15H17NO3. The normalized spacial score (nSPS) is 14.9. The van der Waals surface area contributed by atoms with Crippen LogP contribution in [0.15, 0.2) is 12.1 Å². The number of carbonyl (C=O) groups excluding carboxylic acids is 1. The molecule has 100 valence electrons. The van der Waals surface area contributed by atoms with Crippen LogP contribution in [0.4, 0.5) is 0 Å². The van der Waals surface area contributed by atoms with Crippen LogP contribution in [-0.2, 0) is 0 Å². The van der Waals surface area contributed by atoms with Crippen molar-refractivity contribution in [3.63, 3.8) is 0 Å². The summed E-state index contributed by atoms with van der Waals surface area (Å²) in [5.41, 5.74) is 1.36. The van der Waals surface area contributed by atoms with Crippen LogP contribution in [0.1, 0.15) is 29.8 Å². The summed E-state index contributed by atoms with van der Waals surface area (Å²) in [5.74, 6) is 0.470. The molecule has 1 unspecified atom stereocenters. The van der Waals surface area contributed by atoms with Gasteiger partial charge in [-0.1, -0.05) is 13.8 Å². The fourth-order valence-corrected chi connectivity index (χ4v) is 2.13. The Morgan fingerprint density at radius 3 is 2.37 bits per heavy atom. The Hall–Kier alpha value is -2.02. The van der Waals surface area contributed by atoms with E-state index in [4.69, 9.17) is 14.7 Å². The summed E-state index contributed by atoms with van der Waals surface area (Å²) >= 11 is 0. The first-order valence-electron chi connectivity index (χ1n) is 6.38. The second-order valence-electron chi connectivity index (χ2n) is 5.03. The number of hydrogen-bond donors (Lipinski definition) is 0. The van der Waals surface area contributed by atoms with Gasteiger partial charge in [-0.2, -0.15) is 5.26 Å². The highest BCUT2D eigenvalue weighted by atomic mass is 16.6. The lowest BCUT2D eigenvalue weighted by molar-refractivity contribution is 0.0922. The van der Waals surface area contributed by atoms with Gasteiger partial charge in [0, 0.05) is 5.56 Å². The van der Waals surface area contributed by atoms with Crippen molar-refractivity contribution < 1.29 is 14.3 Å². The van der Waals surface area contributed by atoms with Crippen LogP contribution in [0.25, 0.3) is 0 Å². The molecule has 0 fully saturated rings. The van der Waals surface area contributed by atoms with Crippen molar-refractivity contribution in [3.05, 3.63) is 23.3 Å². The third kappa shape index (κ3) is 2.55. The van der Waals surface area contributed by atoms with Gasteiger partial charge in [-0.25, -0.2) is 0 Å². The van der Waals surface area contributed by atoms with E-state index in [9.17, 15) is 4.79 Å². The van der Waals surface area contributed by atoms with E-state index in [1.54, 1.807) is 12.1 Å². The van der Waals surface area contributed by atoms with Crippen LogP contribution in [0, 0.1) is 30.1 Å². The summed E-state index contributed by atoms with van der Waals surface area (Å²) in [6.45, 7) is 6.60. The van der Waals surface area contributed by atoms with E-state index in [1.165, 1.54) is 0 Å². The van der Waals surface area contributed by atoms with Gasteiger partial charge in [-0.3, -0.25) is 4.79 Å². The molecule has 1 aliphatic rings. The van der Waals surface area contributed by atoms with E-state index in [1.807, 2.05) is 20.8 Å². The highest BCUT2D eigenvalue weighted by molar-refractivity contribution is 6.01. The fourth-order valence-electron chi connectivity index (χ4n) is 2.13. The lowest BCUT2D eigenvalue weighted by atomic mass is 9.87. The molecule has 0 radical (unpaired) electrons. The number of carbonyl (C=O) groups is 1. The Morgan fingerprint density at radius 1 is 1.26 bits per heavy atom. The van der Waals surface area contributed by atoms with Gasteiger partial charge in [-0.15, -0.1) is 0 Å². The molecule has 0 N–H and O–H groups in total. The molecule has 19 heavy (non-hydrogen) atoms. The molecule has 0 aromatic heterocycles. The maximum atomic E-state index is 12.4. The Morgan fingerprint density at radius 2 is 1.84 bits per heavy atom. The van der Waals surface area contributed by atoms with Crippen LogP contribution in [0.5, 0.6) is 11.5 Å². The maximum absolute atomic E-state index is 12.4. The van der Waals surface area contributed by atoms with Crippen molar-refractivity contribution in [3.8, 4) is 17.6 Å². The molecule has 0 saturated heterocycles. The monoisotopic (exact) mass is 259 g/mol. The zero-order chi connectivity index (χ0) is 14.0. The van der Waals surface area contributed by atoms with Crippen molar-refractivity contribution in [2.45, 2.75) is 20.8 Å². The Kier molecular flexibility index (Phi) is 3.75. The molecule has 0 bridgehead atoms. The molecule has 1 heterocycles. The maximum Gasteiger partial charge on any atom is 0.180 e. The second-order valence-corrected chi connectivity index (χ2v) is 5.03. The van der Waals surface area contributed by atoms with Gasteiger partial charge in [0.05, 0.1) is 6.07 Å². The van der Waals surface area contributed by atoms with Gasteiger partial charge in [0.1, 0.15) is 19.1 Å². The van der Waals surface area contributed by atoms with E-state index in [0.29, 0.717) is 30.3 Å². The molecule has 0 saturated carbocycles. The summed E-state index contributed by atoms with van der Waals surface area (Å²) in [4.78, 5) is 12.4. The second kappa shape index (κ2) is 5.31. The minimum Gasteiger partial charge on any atom is -0.486 e. The number of nitriles is 1. The standard InChI is InChI=1S/C15H17NO3/c1-9(2)12(8-16)15(17)11-7-14-13(6-10(11)3)18-4-5-19-14/h6-7,9,12H,4-5H2,1-3H3. The molecule has 2 rings (SSSR count). The number of nitrogens with zero attached hydrogens (tertiary/aromatic N) is 1. The molecule has 1 aromatic rings. The summed E-state index contributed by atoms with van der Waals surface area (Å²) in [6.07, 6.45) is 0. The van der Waals surface area contributed by atoms with Crippen molar-refractivity contribution in [2.24, 2.45) is 11.8 Å². The van der Waals surface area contributed by atoms with Gasteiger partial charge in [0.2, 0.25) is 0 Å². The number of fused-ring (bicyclic) bond motifs is 1. The van der Waals surface area contributed by atoms with Crippen LogP contribution >= 0.6 is 0 Å². The molecule has 4 nitrogen and oxygen atoms in total. The Labute approximate surface area is 112 Å². The molecule has 4 heteroatoms. The summed E-state index contributed by atoms with van der Waals surface area (Å²) < 4.78 is 11.0. The van der Waals surface area contributed by atoms with Crippen molar-refractivity contribution in [1.82, 2.24) is 0 Å². The lowest BCUT2D eigenvalue weighted by Gasteiger charge is -2.21. The SMILES string of the molecule is Cc1cc2c(cc1C(=O)C(C#N)C(C)C)OCCO2. The predicted molar refractivity (Wildman–Crippen MR) is 70.4 cm³/mol. The molecule has 0 aliphatic carbocycles. The van der Waals surface area contributed by atoms with E-state index in [0.717, 1.165) is 5.56 Å². The van der Waals surface area contributed by atoms with Crippen LogP contribution in [-0.4, -0.2) is 19.0 Å². The minimum atomic E-state index is -0.624. The predicted octanol–water partition coefficient (Wildman–Crippen LogP) is 2.74. The highest BCUT2D eigenvalue weighted by Gasteiger charge is 2.26. The van der Waals surface area contributed by atoms with Crippen molar-refractivity contribution in [1.29, 1.82) is 5.26 Å². The van der Waals surface area contributed by atoms with Gasteiger partial charge >= 0.3 is 0 Å². The van der Waals surface area contributed by atoms with E-state index >= 15 is 0 Å². The topological polar surface area (TPSA) is 59.3 Å². The molecule has 1 aromatic carbocycles. The number of ketones is 1.